The highest BCUT2D eigenvalue weighted by molar-refractivity contribution is 5.79. The highest BCUT2D eigenvalue weighted by Crippen LogP contribution is 2.10. The standard InChI is InChI=1S/C18H33N7O2/c1-14(25-6-9-26-10-7-25)11-19-18(20-12-16-5-4-8-27-16)21-13-17-23-22-15(2)24(17)3/h14,16H,4-13H2,1-3H3,(H2,19,20,21). The summed E-state index contributed by atoms with van der Waals surface area (Å²) in [6, 6.07) is 0.417. The Morgan fingerprint density at radius 2 is 2.07 bits per heavy atom. The summed E-state index contributed by atoms with van der Waals surface area (Å²) in [5, 5.41) is 15.2. The van der Waals surface area contributed by atoms with Gasteiger partial charge in [-0.15, -0.1) is 10.2 Å². The lowest BCUT2D eigenvalue weighted by atomic mass is 10.2. The van der Waals surface area contributed by atoms with Crippen LogP contribution in [0.5, 0.6) is 0 Å². The number of rotatable bonds is 7. The number of ether oxygens (including phenoxy) is 2. The van der Waals surface area contributed by atoms with Crippen molar-refractivity contribution in [3.05, 3.63) is 11.6 Å². The molecule has 2 saturated heterocycles. The molecule has 3 heterocycles. The van der Waals surface area contributed by atoms with Crippen molar-refractivity contribution < 1.29 is 9.47 Å². The van der Waals surface area contributed by atoms with Crippen LogP contribution in [0.2, 0.25) is 0 Å². The van der Waals surface area contributed by atoms with Crippen molar-refractivity contribution in [3.8, 4) is 0 Å². The van der Waals surface area contributed by atoms with Crippen molar-refractivity contribution in [2.45, 2.75) is 45.4 Å². The number of nitrogens with zero attached hydrogens (tertiary/aromatic N) is 5. The van der Waals surface area contributed by atoms with Crippen LogP contribution in [0.4, 0.5) is 0 Å². The SMILES string of the molecule is Cc1nnc(CN=C(NCC2CCCO2)NCC(C)N2CCOCC2)n1C. The van der Waals surface area contributed by atoms with Crippen molar-refractivity contribution in [2.75, 3.05) is 46.0 Å². The summed E-state index contributed by atoms with van der Waals surface area (Å²) in [6.07, 6.45) is 2.51. The quantitative estimate of drug-likeness (QED) is 0.511. The summed E-state index contributed by atoms with van der Waals surface area (Å²) in [7, 11) is 1.97. The number of morpholine rings is 1. The topological polar surface area (TPSA) is 88.8 Å². The van der Waals surface area contributed by atoms with E-state index < -0.39 is 0 Å². The molecule has 0 aromatic carbocycles. The van der Waals surface area contributed by atoms with Gasteiger partial charge in [-0.25, -0.2) is 4.99 Å². The molecule has 3 rings (SSSR count). The molecule has 2 N–H and O–H groups in total. The first-order valence-electron chi connectivity index (χ1n) is 9.94. The lowest BCUT2D eigenvalue weighted by molar-refractivity contribution is 0.0211. The Bertz CT molecular complexity index is 607. The molecule has 2 fully saturated rings. The molecule has 0 aliphatic carbocycles. The molecule has 0 spiro atoms. The van der Waals surface area contributed by atoms with Gasteiger partial charge in [0, 0.05) is 45.9 Å². The molecule has 0 amide bonds. The van der Waals surface area contributed by atoms with Gasteiger partial charge in [-0.3, -0.25) is 4.90 Å². The summed E-state index contributed by atoms with van der Waals surface area (Å²) >= 11 is 0. The zero-order valence-electron chi connectivity index (χ0n) is 16.8. The van der Waals surface area contributed by atoms with Crippen LogP contribution in [-0.2, 0) is 23.1 Å². The number of aromatic nitrogens is 3. The normalized spacial score (nSPS) is 22.8. The van der Waals surface area contributed by atoms with E-state index in [1.807, 2.05) is 18.5 Å². The van der Waals surface area contributed by atoms with Gasteiger partial charge in [-0.1, -0.05) is 0 Å². The third kappa shape index (κ3) is 5.88. The Morgan fingerprint density at radius 1 is 1.26 bits per heavy atom. The third-order valence-electron chi connectivity index (χ3n) is 5.32. The van der Waals surface area contributed by atoms with Crippen LogP contribution in [-0.4, -0.2) is 83.8 Å². The van der Waals surface area contributed by atoms with Crippen LogP contribution in [0.1, 0.15) is 31.4 Å². The molecular formula is C18H33N7O2. The van der Waals surface area contributed by atoms with Gasteiger partial charge in [0.25, 0.3) is 0 Å². The zero-order valence-corrected chi connectivity index (χ0v) is 16.8. The van der Waals surface area contributed by atoms with Gasteiger partial charge >= 0.3 is 0 Å². The van der Waals surface area contributed by atoms with Crippen LogP contribution in [0.3, 0.4) is 0 Å². The fourth-order valence-corrected chi connectivity index (χ4v) is 3.32. The average Bonchev–Trinajstić information content (AvgIpc) is 3.33. The maximum atomic E-state index is 5.72. The summed E-state index contributed by atoms with van der Waals surface area (Å²) in [5.74, 6) is 2.54. The predicted octanol–water partition coefficient (Wildman–Crippen LogP) is 0.0584. The van der Waals surface area contributed by atoms with Crippen molar-refractivity contribution in [1.29, 1.82) is 0 Å². The minimum atomic E-state index is 0.269. The van der Waals surface area contributed by atoms with Gasteiger partial charge in [0.2, 0.25) is 0 Å². The molecule has 9 nitrogen and oxygen atoms in total. The Morgan fingerprint density at radius 3 is 2.74 bits per heavy atom. The van der Waals surface area contributed by atoms with E-state index in [2.05, 4.69) is 32.7 Å². The first kappa shape index (κ1) is 20.0. The fraction of sp³-hybridized carbons (Fsp3) is 0.833. The number of hydrogen-bond donors (Lipinski definition) is 2. The molecular weight excluding hydrogens is 346 g/mol. The monoisotopic (exact) mass is 379 g/mol. The number of hydrogen-bond acceptors (Lipinski definition) is 6. The lowest BCUT2D eigenvalue weighted by Gasteiger charge is -2.32. The van der Waals surface area contributed by atoms with Gasteiger partial charge < -0.3 is 24.7 Å². The Labute approximate surface area is 161 Å². The van der Waals surface area contributed by atoms with Gasteiger partial charge in [0.05, 0.1) is 19.3 Å². The second-order valence-corrected chi connectivity index (χ2v) is 7.28. The van der Waals surface area contributed by atoms with Gasteiger partial charge in [-0.05, 0) is 26.7 Å². The molecule has 27 heavy (non-hydrogen) atoms. The van der Waals surface area contributed by atoms with Crippen LogP contribution < -0.4 is 10.6 Å². The first-order chi connectivity index (χ1) is 13.1. The van der Waals surface area contributed by atoms with E-state index in [0.717, 1.165) is 76.4 Å². The largest absolute Gasteiger partial charge is 0.379 e. The second kappa shape index (κ2) is 10.0. The van der Waals surface area contributed by atoms with E-state index >= 15 is 0 Å². The summed E-state index contributed by atoms with van der Waals surface area (Å²) < 4.78 is 13.1. The number of guanidine groups is 1. The molecule has 2 aliphatic rings. The van der Waals surface area contributed by atoms with E-state index in [1.165, 1.54) is 0 Å². The molecule has 152 valence electrons. The summed E-state index contributed by atoms with van der Waals surface area (Å²) in [5.41, 5.74) is 0. The fourth-order valence-electron chi connectivity index (χ4n) is 3.32. The van der Waals surface area contributed by atoms with Crippen molar-refractivity contribution in [1.82, 2.24) is 30.3 Å². The number of aryl methyl sites for hydroxylation is 1. The van der Waals surface area contributed by atoms with Gasteiger partial charge in [0.1, 0.15) is 12.4 Å². The maximum Gasteiger partial charge on any atom is 0.191 e. The molecule has 2 aliphatic heterocycles. The van der Waals surface area contributed by atoms with Gasteiger partial charge in [-0.2, -0.15) is 0 Å². The van der Waals surface area contributed by atoms with Crippen molar-refractivity contribution in [2.24, 2.45) is 12.0 Å². The molecule has 0 saturated carbocycles. The first-order valence-corrected chi connectivity index (χ1v) is 9.94. The molecule has 9 heteroatoms. The van der Waals surface area contributed by atoms with E-state index in [0.29, 0.717) is 12.6 Å². The third-order valence-corrected chi connectivity index (χ3v) is 5.32. The lowest BCUT2D eigenvalue weighted by Crippen LogP contribution is -2.50. The second-order valence-electron chi connectivity index (χ2n) is 7.28. The minimum Gasteiger partial charge on any atom is -0.379 e. The van der Waals surface area contributed by atoms with Crippen molar-refractivity contribution in [3.63, 3.8) is 0 Å². The van der Waals surface area contributed by atoms with Crippen LogP contribution in [0.25, 0.3) is 0 Å². The number of nitrogens with one attached hydrogen (secondary N) is 2. The van der Waals surface area contributed by atoms with Crippen molar-refractivity contribution >= 4 is 5.96 Å². The molecule has 0 bridgehead atoms. The van der Waals surface area contributed by atoms with E-state index in [1.54, 1.807) is 0 Å². The molecule has 2 unspecified atom stereocenters. The summed E-state index contributed by atoms with van der Waals surface area (Å²) in [4.78, 5) is 7.16. The van der Waals surface area contributed by atoms with E-state index in [9.17, 15) is 0 Å². The zero-order chi connectivity index (χ0) is 19.1. The molecule has 2 atom stereocenters. The molecule has 1 aromatic heterocycles. The van der Waals surface area contributed by atoms with Crippen LogP contribution in [0.15, 0.2) is 4.99 Å². The van der Waals surface area contributed by atoms with E-state index in [4.69, 9.17) is 14.5 Å². The predicted molar refractivity (Wildman–Crippen MR) is 104 cm³/mol. The smallest absolute Gasteiger partial charge is 0.191 e. The Balaban J connectivity index is 1.55. The maximum absolute atomic E-state index is 5.72. The summed E-state index contributed by atoms with van der Waals surface area (Å²) in [6.45, 7) is 10.7. The highest BCUT2D eigenvalue weighted by atomic mass is 16.5. The Hall–Kier alpha value is -1.71. The van der Waals surface area contributed by atoms with E-state index in [-0.39, 0.29) is 6.10 Å². The number of aliphatic imine (C=N–C) groups is 1. The Kier molecular flexibility index (Phi) is 7.42. The average molecular weight is 380 g/mol. The van der Waals surface area contributed by atoms with Gasteiger partial charge in [0.15, 0.2) is 11.8 Å². The van der Waals surface area contributed by atoms with Crippen LogP contribution >= 0.6 is 0 Å². The minimum absolute atomic E-state index is 0.269. The molecule has 1 aromatic rings. The van der Waals surface area contributed by atoms with Crippen LogP contribution in [0, 0.1) is 6.92 Å². The highest BCUT2D eigenvalue weighted by Gasteiger charge is 2.19. The molecule has 0 radical (unpaired) electrons.